The van der Waals surface area contributed by atoms with Gasteiger partial charge in [-0.1, -0.05) is 20.8 Å². The van der Waals surface area contributed by atoms with E-state index in [-0.39, 0.29) is 5.84 Å². The Hall–Kier alpha value is -1.47. The predicted molar refractivity (Wildman–Crippen MR) is 103 cm³/mol. The van der Waals surface area contributed by atoms with Crippen molar-refractivity contribution in [2.45, 2.75) is 66.2 Å². The maximum atomic E-state index is 9.36. The monoisotopic (exact) mass is 340 g/mol. The molecule has 0 aliphatic heterocycles. The molecule has 0 amide bonds. The number of aliphatic imine (C=N–C) groups is 2. The van der Waals surface area contributed by atoms with Gasteiger partial charge in [0.1, 0.15) is 17.9 Å². The van der Waals surface area contributed by atoms with Gasteiger partial charge in [-0.2, -0.15) is 0 Å². The highest BCUT2D eigenvalue weighted by Gasteiger charge is 2.19. The van der Waals surface area contributed by atoms with Crippen molar-refractivity contribution in [1.29, 1.82) is 5.41 Å². The number of nitrogens with two attached hydrogens (primary N) is 2. The number of hydrogen-bond donors (Lipinski definition) is 5. The number of nitrogens with one attached hydrogen (secondary N) is 2. The van der Waals surface area contributed by atoms with Gasteiger partial charge in [-0.3, -0.25) is 4.99 Å². The average Bonchev–Trinajstić information content (AvgIpc) is 2.46. The van der Waals surface area contributed by atoms with Gasteiger partial charge < -0.3 is 27.3 Å². The molecule has 0 rings (SSSR count). The van der Waals surface area contributed by atoms with E-state index in [4.69, 9.17) is 16.9 Å². The molecule has 0 saturated heterocycles. The van der Waals surface area contributed by atoms with Crippen LogP contribution in [0.1, 0.15) is 53.9 Å². The van der Waals surface area contributed by atoms with Crippen molar-refractivity contribution < 1.29 is 5.11 Å². The summed E-state index contributed by atoms with van der Waals surface area (Å²) in [5, 5.41) is 20.6. The van der Waals surface area contributed by atoms with Gasteiger partial charge >= 0.3 is 0 Å². The number of amidine groups is 2. The number of rotatable bonds is 12. The quantitative estimate of drug-likeness (QED) is 0.272. The largest absolute Gasteiger partial charge is 0.387 e. The maximum Gasteiger partial charge on any atom is 0.144 e. The summed E-state index contributed by atoms with van der Waals surface area (Å²) in [5.41, 5.74) is 12.5. The molecular formula is C17H36N6O. The Morgan fingerprint density at radius 1 is 1.21 bits per heavy atom. The smallest absolute Gasteiger partial charge is 0.144 e. The van der Waals surface area contributed by atoms with Gasteiger partial charge in [0, 0.05) is 24.7 Å². The molecule has 0 spiro atoms. The molecule has 3 atom stereocenters. The molecule has 24 heavy (non-hydrogen) atoms. The first-order valence-electron chi connectivity index (χ1n) is 8.75. The van der Waals surface area contributed by atoms with Crippen molar-refractivity contribution in [3.63, 3.8) is 0 Å². The minimum atomic E-state index is -0.893. The highest BCUT2D eigenvalue weighted by Crippen LogP contribution is 2.08. The normalized spacial score (nSPS) is 17.0. The Bertz CT molecular complexity index is 431. The Kier molecular flexibility index (Phi) is 11.2. The predicted octanol–water partition coefficient (Wildman–Crippen LogP) is 1.50. The summed E-state index contributed by atoms with van der Waals surface area (Å²) in [4.78, 5) is 8.38. The van der Waals surface area contributed by atoms with Crippen LogP contribution < -0.4 is 16.8 Å². The molecule has 7 nitrogen and oxygen atoms in total. The molecule has 140 valence electrons. The first kappa shape index (κ1) is 22.5. The van der Waals surface area contributed by atoms with Crippen LogP contribution in [0.3, 0.4) is 0 Å². The van der Waals surface area contributed by atoms with E-state index >= 15 is 0 Å². The third-order valence-electron chi connectivity index (χ3n) is 3.64. The Balaban J connectivity index is 4.79. The molecule has 0 bridgehead atoms. The number of nitrogens with zero attached hydrogens (tertiary/aromatic N) is 2. The second-order valence-corrected chi connectivity index (χ2v) is 6.73. The third kappa shape index (κ3) is 10.3. The second kappa shape index (κ2) is 12.0. The first-order valence-corrected chi connectivity index (χ1v) is 8.75. The van der Waals surface area contributed by atoms with Crippen LogP contribution in [0.2, 0.25) is 0 Å². The molecule has 0 heterocycles. The summed E-state index contributed by atoms with van der Waals surface area (Å²) in [7, 11) is 0. The van der Waals surface area contributed by atoms with Gasteiger partial charge in [-0.05, 0) is 39.2 Å². The fraction of sp³-hybridized carbons (Fsp3) is 0.824. The summed E-state index contributed by atoms with van der Waals surface area (Å²) in [5.74, 6) is 0.787. The van der Waals surface area contributed by atoms with Crippen LogP contribution in [0, 0.1) is 17.2 Å². The van der Waals surface area contributed by atoms with Crippen LogP contribution in [0.25, 0.3) is 0 Å². The summed E-state index contributed by atoms with van der Waals surface area (Å²) in [6, 6.07) is 0.412. The van der Waals surface area contributed by atoms with E-state index in [0.717, 1.165) is 19.4 Å². The lowest BCUT2D eigenvalue weighted by Gasteiger charge is -2.19. The highest BCUT2D eigenvalue weighted by atomic mass is 16.3. The SMILES string of the molecule is CCC(CCN=C(N)C(CC(C)=N)C(N)=NC(C)O)NCC(C)C. The third-order valence-corrected chi connectivity index (χ3v) is 3.64. The van der Waals surface area contributed by atoms with Crippen molar-refractivity contribution in [2.75, 3.05) is 13.1 Å². The minimum Gasteiger partial charge on any atom is -0.387 e. The van der Waals surface area contributed by atoms with E-state index in [0.29, 0.717) is 36.5 Å². The van der Waals surface area contributed by atoms with E-state index in [2.05, 4.69) is 36.1 Å². The van der Waals surface area contributed by atoms with Crippen LogP contribution in [0.5, 0.6) is 0 Å². The molecule has 7 N–H and O–H groups in total. The molecule has 0 aromatic carbocycles. The maximum absolute atomic E-state index is 9.36. The summed E-state index contributed by atoms with van der Waals surface area (Å²) >= 11 is 0. The van der Waals surface area contributed by atoms with E-state index in [1.165, 1.54) is 6.92 Å². The van der Waals surface area contributed by atoms with E-state index in [1.807, 2.05) is 0 Å². The van der Waals surface area contributed by atoms with Crippen LogP contribution >= 0.6 is 0 Å². The van der Waals surface area contributed by atoms with Gasteiger partial charge in [-0.15, -0.1) is 0 Å². The fourth-order valence-corrected chi connectivity index (χ4v) is 2.29. The molecule has 0 saturated carbocycles. The molecule has 0 aromatic rings. The molecule has 0 fully saturated rings. The Labute approximate surface area is 146 Å². The van der Waals surface area contributed by atoms with E-state index in [1.54, 1.807) is 6.92 Å². The highest BCUT2D eigenvalue weighted by molar-refractivity contribution is 6.07. The van der Waals surface area contributed by atoms with Gasteiger partial charge in [0.05, 0.1) is 5.92 Å². The van der Waals surface area contributed by atoms with Crippen LogP contribution in [-0.4, -0.2) is 47.8 Å². The summed E-state index contributed by atoms with van der Waals surface area (Å²) < 4.78 is 0. The molecule has 7 heteroatoms. The zero-order valence-electron chi connectivity index (χ0n) is 15.8. The van der Waals surface area contributed by atoms with Crippen molar-refractivity contribution in [3.8, 4) is 0 Å². The topological polar surface area (TPSA) is 133 Å². The Morgan fingerprint density at radius 2 is 1.83 bits per heavy atom. The van der Waals surface area contributed by atoms with Crippen molar-refractivity contribution in [2.24, 2.45) is 33.3 Å². The average molecular weight is 341 g/mol. The van der Waals surface area contributed by atoms with Gasteiger partial charge in [0.25, 0.3) is 0 Å². The zero-order chi connectivity index (χ0) is 18.7. The number of aliphatic hydroxyl groups is 1. The molecule has 0 radical (unpaired) electrons. The van der Waals surface area contributed by atoms with Crippen molar-refractivity contribution in [3.05, 3.63) is 0 Å². The zero-order valence-corrected chi connectivity index (χ0v) is 15.8. The molecule has 3 unspecified atom stereocenters. The number of aliphatic hydroxyl groups excluding tert-OH is 1. The van der Waals surface area contributed by atoms with Crippen molar-refractivity contribution >= 4 is 17.4 Å². The van der Waals surface area contributed by atoms with Gasteiger partial charge in [0.2, 0.25) is 0 Å². The van der Waals surface area contributed by atoms with Crippen LogP contribution in [0.4, 0.5) is 0 Å². The van der Waals surface area contributed by atoms with E-state index < -0.39 is 12.1 Å². The van der Waals surface area contributed by atoms with Gasteiger partial charge in [-0.25, -0.2) is 4.99 Å². The van der Waals surface area contributed by atoms with E-state index in [9.17, 15) is 5.11 Å². The molecule has 0 aliphatic rings. The number of hydrogen-bond acceptors (Lipinski definition) is 5. The van der Waals surface area contributed by atoms with Gasteiger partial charge in [0.15, 0.2) is 0 Å². The lowest BCUT2D eigenvalue weighted by molar-refractivity contribution is 0.205. The molecule has 0 aromatic heterocycles. The summed E-state index contributed by atoms with van der Waals surface area (Å²) in [6.07, 6.45) is 1.40. The standard InChI is InChI=1S/C17H36N6O/c1-6-14(22-10-11(2)3)7-8-21-16(19)15(9-12(4)18)17(20)23-13(5)24/h11,13-15,18,22,24H,6-10H2,1-5H3,(H2,19,21)(H2,20,23). The van der Waals surface area contributed by atoms with Crippen molar-refractivity contribution in [1.82, 2.24) is 5.32 Å². The fourth-order valence-electron chi connectivity index (χ4n) is 2.29. The lowest BCUT2D eigenvalue weighted by atomic mass is 10.00. The minimum absolute atomic E-state index is 0.225. The van der Waals surface area contributed by atoms with Crippen LogP contribution in [0.15, 0.2) is 9.98 Å². The Morgan fingerprint density at radius 3 is 2.29 bits per heavy atom. The lowest BCUT2D eigenvalue weighted by Crippen LogP contribution is -2.38. The molecule has 0 aliphatic carbocycles. The summed E-state index contributed by atoms with van der Waals surface area (Å²) in [6.45, 7) is 11.3. The second-order valence-electron chi connectivity index (χ2n) is 6.73. The van der Waals surface area contributed by atoms with Crippen LogP contribution in [-0.2, 0) is 0 Å². The molecular weight excluding hydrogens is 304 g/mol. The first-order chi connectivity index (χ1) is 11.2.